The van der Waals surface area contributed by atoms with E-state index in [0.29, 0.717) is 17.5 Å². The van der Waals surface area contributed by atoms with E-state index >= 15 is 0 Å². The Morgan fingerprint density at radius 1 is 0.674 bits per heavy atom. The fourth-order valence-electron chi connectivity index (χ4n) is 8.75. The highest BCUT2D eigenvalue weighted by molar-refractivity contribution is 5.86. The summed E-state index contributed by atoms with van der Waals surface area (Å²) in [5.74, 6) is 2.15. The Labute approximate surface area is 253 Å². The van der Waals surface area contributed by atoms with Gasteiger partial charge in [0.05, 0.1) is 35.0 Å². The maximum absolute atomic E-state index is 4.94. The quantitative estimate of drug-likeness (QED) is 0.174. The molecule has 1 unspecified atom stereocenters. The van der Waals surface area contributed by atoms with E-state index in [1.165, 1.54) is 79.2 Å². The second-order valence-electron chi connectivity index (χ2n) is 13.4. The lowest BCUT2D eigenvalue weighted by Crippen LogP contribution is -2.19. The number of hydrogen-bond donors (Lipinski definition) is 4. The van der Waals surface area contributed by atoms with Gasteiger partial charge in [-0.3, -0.25) is 0 Å². The van der Waals surface area contributed by atoms with Crippen molar-refractivity contribution in [3.05, 3.63) is 83.6 Å². The predicted octanol–water partition coefficient (Wildman–Crippen LogP) is 7.89. The normalized spacial score (nSPS) is 22.7. The van der Waals surface area contributed by atoms with Crippen molar-refractivity contribution in [2.75, 3.05) is 13.1 Å². The first-order valence-electron chi connectivity index (χ1n) is 16.5. The van der Waals surface area contributed by atoms with Gasteiger partial charge < -0.3 is 20.6 Å². The number of rotatable bonds is 5. The van der Waals surface area contributed by atoms with E-state index in [0.717, 1.165) is 54.3 Å². The summed E-state index contributed by atoms with van der Waals surface area (Å²) >= 11 is 0. The number of aromatic amines is 2. The molecule has 2 aromatic heterocycles. The number of nitrogens with zero attached hydrogens (tertiary/aromatic N) is 2. The van der Waals surface area contributed by atoms with Crippen LogP contribution in [0.4, 0.5) is 0 Å². The summed E-state index contributed by atoms with van der Waals surface area (Å²) in [6.45, 7) is 2.16. The summed E-state index contributed by atoms with van der Waals surface area (Å²) in [5, 5.41) is 7.14. The monoisotopic (exact) mass is 568 g/mol. The molecule has 0 radical (unpaired) electrons. The Hall–Kier alpha value is -3.74. The number of benzene rings is 3. The fraction of sp³-hybridized carbons (Fsp3) is 0.405. The third kappa shape index (κ3) is 4.29. The summed E-state index contributed by atoms with van der Waals surface area (Å²) in [6.07, 6.45) is 14.5. The molecular formula is C37H40N6. The highest BCUT2D eigenvalue weighted by Crippen LogP contribution is 2.55. The van der Waals surface area contributed by atoms with Crippen LogP contribution in [0.25, 0.3) is 44.5 Å². The first kappa shape index (κ1) is 25.7. The zero-order chi connectivity index (χ0) is 28.4. The minimum atomic E-state index is 0.325. The largest absolute Gasteiger partial charge is 0.341 e. The van der Waals surface area contributed by atoms with E-state index in [2.05, 4.69) is 75.2 Å². The molecule has 6 nitrogen and oxygen atoms in total. The van der Waals surface area contributed by atoms with Gasteiger partial charge >= 0.3 is 0 Å². The lowest BCUT2D eigenvalue weighted by molar-refractivity contribution is 0.440. The Morgan fingerprint density at radius 2 is 1.40 bits per heavy atom. The third-order valence-corrected chi connectivity index (χ3v) is 11.0. The highest BCUT2D eigenvalue weighted by Gasteiger charge is 2.43. The molecule has 1 spiro atoms. The molecule has 2 saturated heterocycles. The second kappa shape index (κ2) is 10.2. The zero-order valence-corrected chi connectivity index (χ0v) is 24.8. The molecule has 3 aromatic carbocycles. The molecule has 4 aliphatic rings. The van der Waals surface area contributed by atoms with Gasteiger partial charge in [-0.05, 0) is 121 Å². The van der Waals surface area contributed by atoms with Crippen molar-refractivity contribution >= 4 is 11.0 Å². The molecule has 2 aliphatic carbocycles. The van der Waals surface area contributed by atoms with Crippen LogP contribution in [0.1, 0.15) is 92.6 Å². The van der Waals surface area contributed by atoms with Crippen LogP contribution in [-0.2, 0) is 11.8 Å². The molecule has 43 heavy (non-hydrogen) atoms. The van der Waals surface area contributed by atoms with Gasteiger partial charge in [0.25, 0.3) is 0 Å². The first-order valence-corrected chi connectivity index (χ1v) is 16.5. The number of fused-ring (bicyclic) bond motifs is 3. The van der Waals surface area contributed by atoms with Crippen molar-refractivity contribution in [1.29, 1.82) is 0 Å². The molecule has 3 fully saturated rings. The minimum Gasteiger partial charge on any atom is -0.341 e. The van der Waals surface area contributed by atoms with Crippen molar-refractivity contribution < 1.29 is 0 Å². The van der Waals surface area contributed by atoms with Gasteiger partial charge in [-0.1, -0.05) is 55.3 Å². The SMILES string of the molecule is c1cc(-c2ccc(-c3ccc4nc(C5CCCN5)[nH]c4c3)c3c2C2(CCCC2)CC3)ccc1-c1cnc([C@@H]2CCCN2)[nH]1. The molecular weight excluding hydrogens is 528 g/mol. The number of hydrogen-bond acceptors (Lipinski definition) is 4. The van der Waals surface area contributed by atoms with Gasteiger partial charge in [0.2, 0.25) is 0 Å². The van der Waals surface area contributed by atoms with Crippen molar-refractivity contribution in [3.8, 4) is 33.5 Å². The summed E-state index contributed by atoms with van der Waals surface area (Å²) in [6, 6.07) is 21.6. The molecule has 218 valence electrons. The molecule has 9 rings (SSSR count). The average Bonchev–Trinajstić information content (AvgIpc) is 3.89. The second-order valence-corrected chi connectivity index (χ2v) is 13.4. The van der Waals surface area contributed by atoms with Crippen LogP contribution in [-0.4, -0.2) is 33.0 Å². The summed E-state index contributed by atoms with van der Waals surface area (Å²) in [7, 11) is 0. The van der Waals surface area contributed by atoms with Crippen LogP contribution in [0.5, 0.6) is 0 Å². The van der Waals surface area contributed by atoms with Crippen molar-refractivity contribution in [1.82, 2.24) is 30.6 Å². The molecule has 5 aromatic rings. The Morgan fingerprint density at radius 3 is 2.16 bits per heavy atom. The molecule has 4 heterocycles. The van der Waals surface area contributed by atoms with E-state index in [-0.39, 0.29) is 0 Å². The number of H-pyrrole nitrogens is 2. The van der Waals surface area contributed by atoms with Gasteiger partial charge in [0.15, 0.2) is 0 Å². The molecule has 4 N–H and O–H groups in total. The van der Waals surface area contributed by atoms with Crippen molar-refractivity contribution in [3.63, 3.8) is 0 Å². The molecule has 6 heteroatoms. The maximum atomic E-state index is 4.94. The van der Waals surface area contributed by atoms with E-state index in [4.69, 9.17) is 9.97 Å². The van der Waals surface area contributed by atoms with E-state index in [9.17, 15) is 0 Å². The van der Waals surface area contributed by atoms with Gasteiger partial charge in [-0.15, -0.1) is 0 Å². The molecule has 2 atom stereocenters. The van der Waals surface area contributed by atoms with Gasteiger partial charge in [0.1, 0.15) is 11.6 Å². The number of nitrogens with one attached hydrogen (secondary N) is 4. The van der Waals surface area contributed by atoms with Crippen LogP contribution < -0.4 is 10.6 Å². The van der Waals surface area contributed by atoms with Crippen molar-refractivity contribution in [2.24, 2.45) is 0 Å². The summed E-state index contributed by atoms with van der Waals surface area (Å²) in [5.41, 5.74) is 13.5. The fourth-order valence-corrected chi connectivity index (χ4v) is 8.75. The Kier molecular flexibility index (Phi) is 6.09. The van der Waals surface area contributed by atoms with Crippen LogP contribution in [0, 0.1) is 0 Å². The standard InChI is InChI=1S/C37H40N6/c1-2-17-37(16-1)18-15-28-26(25-11-14-29-32(21-25)42-36(41-29)31-6-4-20-39-31)12-13-27(34(28)37)23-7-9-24(10-8-23)33-22-40-35(43-33)30-5-3-19-38-30/h7-14,21-22,30-31,38-39H,1-6,15-20H2,(H,40,43)(H,41,42)/t30-,31?/m0/s1. The smallest absolute Gasteiger partial charge is 0.124 e. The lowest BCUT2D eigenvalue weighted by atomic mass is 9.76. The number of imidazole rings is 2. The highest BCUT2D eigenvalue weighted by atomic mass is 15.0. The van der Waals surface area contributed by atoms with Crippen LogP contribution >= 0.6 is 0 Å². The topological polar surface area (TPSA) is 81.4 Å². The summed E-state index contributed by atoms with van der Waals surface area (Å²) < 4.78 is 0. The Balaban J connectivity index is 1.09. The molecule has 0 bridgehead atoms. The van der Waals surface area contributed by atoms with Crippen LogP contribution in [0.3, 0.4) is 0 Å². The first-order chi connectivity index (χ1) is 21.2. The van der Waals surface area contributed by atoms with E-state index in [1.54, 1.807) is 11.1 Å². The van der Waals surface area contributed by atoms with Gasteiger partial charge in [0, 0.05) is 0 Å². The lowest BCUT2D eigenvalue weighted by Gasteiger charge is -2.28. The zero-order valence-electron chi connectivity index (χ0n) is 24.8. The Bertz CT molecular complexity index is 1790. The maximum Gasteiger partial charge on any atom is 0.124 e. The predicted molar refractivity (Wildman–Crippen MR) is 173 cm³/mol. The van der Waals surface area contributed by atoms with Crippen molar-refractivity contribution in [2.45, 2.75) is 81.7 Å². The van der Waals surface area contributed by atoms with Gasteiger partial charge in [-0.2, -0.15) is 0 Å². The van der Waals surface area contributed by atoms with Gasteiger partial charge in [-0.25, -0.2) is 9.97 Å². The van der Waals surface area contributed by atoms with Crippen LogP contribution in [0.15, 0.2) is 60.8 Å². The molecule has 1 saturated carbocycles. The van der Waals surface area contributed by atoms with Crippen LogP contribution in [0.2, 0.25) is 0 Å². The number of aromatic nitrogens is 4. The summed E-state index contributed by atoms with van der Waals surface area (Å²) in [4.78, 5) is 16.9. The average molecular weight is 569 g/mol. The van der Waals surface area contributed by atoms with E-state index < -0.39 is 0 Å². The third-order valence-electron chi connectivity index (χ3n) is 11.0. The minimum absolute atomic E-state index is 0.325. The van der Waals surface area contributed by atoms with E-state index in [1.807, 2.05) is 6.20 Å². The molecule has 2 aliphatic heterocycles. The molecule has 0 amide bonds.